The molecule has 1 N–H and O–H groups in total. The zero-order chi connectivity index (χ0) is 19.2. The Hall–Kier alpha value is -2.60. The number of hydrogen-bond acceptors (Lipinski definition) is 4. The molecule has 6 heteroatoms. The highest BCUT2D eigenvalue weighted by Crippen LogP contribution is 2.24. The van der Waals surface area contributed by atoms with Crippen LogP contribution in [0, 0.1) is 13.8 Å². The molecule has 1 aromatic carbocycles. The van der Waals surface area contributed by atoms with Crippen molar-refractivity contribution in [2.75, 3.05) is 13.7 Å². The van der Waals surface area contributed by atoms with E-state index in [0.29, 0.717) is 19.4 Å². The Balaban J connectivity index is 1.59. The summed E-state index contributed by atoms with van der Waals surface area (Å²) in [6, 6.07) is 14.0. The van der Waals surface area contributed by atoms with Crippen LogP contribution in [0.15, 0.2) is 47.8 Å². The lowest BCUT2D eigenvalue weighted by atomic mass is 10.1. The van der Waals surface area contributed by atoms with Crippen molar-refractivity contribution in [2.24, 2.45) is 0 Å². The third-order valence-electron chi connectivity index (χ3n) is 4.50. The van der Waals surface area contributed by atoms with Crippen molar-refractivity contribution >= 4 is 17.2 Å². The van der Waals surface area contributed by atoms with Crippen molar-refractivity contribution < 1.29 is 9.53 Å². The number of thiophene rings is 1. The minimum Gasteiger partial charge on any atom is -0.497 e. The summed E-state index contributed by atoms with van der Waals surface area (Å²) in [6.07, 6.45) is 1.17. The first kappa shape index (κ1) is 19.2. The number of nitrogens with one attached hydrogen (secondary N) is 1. The number of aromatic nitrogens is 2. The van der Waals surface area contributed by atoms with Gasteiger partial charge in [-0.1, -0.05) is 18.2 Å². The second-order valence-electron chi connectivity index (χ2n) is 6.56. The number of methoxy groups -OCH3 is 1. The number of carbonyl (C=O) groups is 1. The third-order valence-corrected chi connectivity index (χ3v) is 5.48. The summed E-state index contributed by atoms with van der Waals surface area (Å²) in [5.41, 5.74) is 3.21. The fraction of sp³-hybridized carbons (Fsp3) is 0.333. The Morgan fingerprint density at radius 3 is 2.63 bits per heavy atom. The van der Waals surface area contributed by atoms with Gasteiger partial charge in [0.25, 0.3) is 0 Å². The Kier molecular flexibility index (Phi) is 6.29. The van der Waals surface area contributed by atoms with Gasteiger partial charge in [-0.2, -0.15) is 5.10 Å². The first-order chi connectivity index (χ1) is 13.1. The maximum Gasteiger partial charge on any atom is 0.220 e. The van der Waals surface area contributed by atoms with Crippen LogP contribution in [0.4, 0.5) is 0 Å². The molecule has 2 heterocycles. The molecule has 0 unspecified atom stereocenters. The van der Waals surface area contributed by atoms with Crippen molar-refractivity contribution in [3.63, 3.8) is 0 Å². The molecule has 1 atom stereocenters. The summed E-state index contributed by atoms with van der Waals surface area (Å²) in [5, 5.41) is 9.75. The van der Waals surface area contributed by atoms with Gasteiger partial charge in [0.1, 0.15) is 11.8 Å². The van der Waals surface area contributed by atoms with Gasteiger partial charge in [-0.3, -0.25) is 9.48 Å². The average molecular weight is 384 g/mol. The number of rotatable bonds is 8. The molecule has 5 nitrogen and oxygen atoms in total. The summed E-state index contributed by atoms with van der Waals surface area (Å²) >= 11 is 1.69. The van der Waals surface area contributed by atoms with E-state index >= 15 is 0 Å². The van der Waals surface area contributed by atoms with Crippen molar-refractivity contribution in [3.05, 3.63) is 69.7 Å². The number of ether oxygens (including phenoxy) is 1. The van der Waals surface area contributed by atoms with E-state index < -0.39 is 0 Å². The Morgan fingerprint density at radius 1 is 1.26 bits per heavy atom. The molecule has 142 valence electrons. The maximum absolute atomic E-state index is 12.4. The monoisotopic (exact) mass is 383 g/mol. The number of amides is 1. The van der Waals surface area contributed by atoms with E-state index in [1.165, 1.54) is 4.88 Å². The smallest absolute Gasteiger partial charge is 0.220 e. The van der Waals surface area contributed by atoms with E-state index in [-0.39, 0.29) is 11.9 Å². The van der Waals surface area contributed by atoms with Gasteiger partial charge in [-0.25, -0.2) is 0 Å². The molecule has 1 amide bonds. The third kappa shape index (κ3) is 4.98. The quantitative estimate of drug-likeness (QED) is 0.642. The molecule has 0 bridgehead atoms. The fourth-order valence-electron chi connectivity index (χ4n) is 3.10. The molecule has 0 saturated heterocycles. The van der Waals surface area contributed by atoms with E-state index in [9.17, 15) is 4.79 Å². The van der Waals surface area contributed by atoms with Gasteiger partial charge in [-0.15, -0.1) is 11.3 Å². The summed E-state index contributed by atoms with van der Waals surface area (Å²) in [4.78, 5) is 13.6. The minimum atomic E-state index is 0.0173. The van der Waals surface area contributed by atoms with E-state index in [0.717, 1.165) is 22.7 Å². The van der Waals surface area contributed by atoms with Gasteiger partial charge < -0.3 is 10.1 Å². The van der Waals surface area contributed by atoms with Crippen molar-refractivity contribution in [2.45, 2.75) is 32.7 Å². The second-order valence-corrected chi connectivity index (χ2v) is 7.53. The lowest BCUT2D eigenvalue weighted by Gasteiger charge is -2.19. The first-order valence-electron chi connectivity index (χ1n) is 9.02. The lowest BCUT2D eigenvalue weighted by Crippen LogP contribution is -2.32. The molecule has 0 saturated carbocycles. The Morgan fingerprint density at radius 2 is 2.04 bits per heavy atom. The summed E-state index contributed by atoms with van der Waals surface area (Å²) in [5.74, 6) is 0.876. The van der Waals surface area contributed by atoms with Crippen molar-refractivity contribution in [1.29, 1.82) is 0 Å². The highest BCUT2D eigenvalue weighted by Gasteiger charge is 2.19. The molecule has 27 heavy (non-hydrogen) atoms. The van der Waals surface area contributed by atoms with E-state index in [4.69, 9.17) is 4.74 Å². The number of aryl methyl sites for hydroxylation is 3. The average Bonchev–Trinajstić information content (AvgIpc) is 3.31. The zero-order valence-electron chi connectivity index (χ0n) is 15.9. The molecular formula is C21H25N3O2S. The number of nitrogens with zero attached hydrogens (tertiary/aromatic N) is 2. The van der Waals surface area contributed by atoms with Crippen LogP contribution in [0.1, 0.15) is 34.3 Å². The van der Waals surface area contributed by atoms with Crippen LogP contribution in [0.5, 0.6) is 5.75 Å². The molecular weight excluding hydrogens is 358 g/mol. The minimum absolute atomic E-state index is 0.0173. The fourth-order valence-corrected chi connectivity index (χ4v) is 3.91. The van der Waals surface area contributed by atoms with Crippen LogP contribution >= 0.6 is 11.3 Å². The van der Waals surface area contributed by atoms with Gasteiger partial charge in [-0.05, 0) is 55.5 Å². The van der Waals surface area contributed by atoms with Gasteiger partial charge in [0.15, 0.2) is 0 Å². The molecule has 0 aliphatic rings. The van der Waals surface area contributed by atoms with Crippen molar-refractivity contribution in [3.8, 4) is 5.75 Å². The molecule has 0 aliphatic heterocycles. The normalized spacial score (nSPS) is 12.0. The van der Waals surface area contributed by atoms with Crippen LogP contribution in [0.3, 0.4) is 0 Å². The highest BCUT2D eigenvalue weighted by molar-refractivity contribution is 7.10. The molecule has 3 rings (SSSR count). The van der Waals surface area contributed by atoms with Crippen molar-refractivity contribution in [1.82, 2.24) is 15.1 Å². The summed E-state index contributed by atoms with van der Waals surface area (Å²) < 4.78 is 7.17. The standard InChI is InChI=1S/C21H25N3O2S/c1-15-13-16(2)24(23-15)19(20-5-4-12-27-20)14-22-21(25)11-8-17-6-9-18(26-3)10-7-17/h4-7,9-10,12-13,19H,8,11,14H2,1-3H3,(H,22,25)/t19-/m1/s1. The van der Waals surface area contributed by atoms with E-state index in [1.54, 1.807) is 18.4 Å². The van der Waals surface area contributed by atoms with E-state index in [2.05, 4.69) is 27.9 Å². The molecule has 0 radical (unpaired) electrons. The van der Waals surface area contributed by atoms with Gasteiger partial charge >= 0.3 is 0 Å². The van der Waals surface area contributed by atoms with Crippen LogP contribution in [0.2, 0.25) is 0 Å². The molecule has 0 aliphatic carbocycles. The lowest BCUT2D eigenvalue weighted by molar-refractivity contribution is -0.121. The van der Waals surface area contributed by atoms with Crippen LogP contribution in [0.25, 0.3) is 0 Å². The zero-order valence-corrected chi connectivity index (χ0v) is 16.8. The topological polar surface area (TPSA) is 56.1 Å². The van der Waals surface area contributed by atoms with Gasteiger partial charge in [0.05, 0.1) is 12.8 Å². The Labute approximate surface area is 164 Å². The number of carbonyl (C=O) groups excluding carboxylic acids is 1. The van der Waals surface area contributed by atoms with Crippen LogP contribution in [-0.2, 0) is 11.2 Å². The predicted octanol–water partition coefficient (Wildman–Crippen LogP) is 3.91. The summed E-state index contributed by atoms with van der Waals surface area (Å²) in [7, 11) is 1.65. The second kappa shape index (κ2) is 8.86. The molecule has 0 spiro atoms. The largest absolute Gasteiger partial charge is 0.497 e. The Bertz CT molecular complexity index is 869. The predicted molar refractivity (Wildman–Crippen MR) is 108 cm³/mol. The maximum atomic E-state index is 12.4. The van der Waals surface area contributed by atoms with Crippen LogP contribution < -0.4 is 10.1 Å². The highest BCUT2D eigenvalue weighted by atomic mass is 32.1. The van der Waals surface area contributed by atoms with Gasteiger partial charge in [0, 0.05) is 23.5 Å². The van der Waals surface area contributed by atoms with E-state index in [1.807, 2.05) is 48.9 Å². The SMILES string of the molecule is COc1ccc(CCC(=O)NC[C@H](c2cccs2)n2nc(C)cc2C)cc1. The van der Waals surface area contributed by atoms with Gasteiger partial charge in [0.2, 0.25) is 5.91 Å². The number of benzene rings is 1. The molecule has 0 fully saturated rings. The first-order valence-corrected chi connectivity index (χ1v) is 9.90. The summed E-state index contributed by atoms with van der Waals surface area (Å²) in [6.45, 7) is 4.57. The van der Waals surface area contributed by atoms with Crippen LogP contribution in [-0.4, -0.2) is 29.3 Å². The molecule has 3 aromatic rings. The molecule has 2 aromatic heterocycles. The number of hydrogen-bond donors (Lipinski definition) is 1.